The van der Waals surface area contributed by atoms with Gasteiger partial charge in [0.1, 0.15) is 11.8 Å². The molecule has 1 atom stereocenters. The fourth-order valence-corrected chi connectivity index (χ4v) is 3.15. The zero-order chi connectivity index (χ0) is 20.4. The van der Waals surface area contributed by atoms with Crippen molar-refractivity contribution in [3.63, 3.8) is 0 Å². The Morgan fingerprint density at radius 1 is 1.21 bits per heavy atom. The number of rotatable bonds is 6. The standard InChI is InChI=1S/C20H18ClN5O3/c1-2-29-15-9-7-14(8-10-15)22-17(27)11-16-19(28)24-20-23-18(25-26(16)20)12-3-5-13(21)6-4-12/h3-10,16H,2,11H2,1H3,(H,22,27)(H,23,24,25,28)/t16-/m1/s1. The van der Waals surface area contributed by atoms with Crippen LogP contribution >= 0.6 is 11.6 Å². The van der Waals surface area contributed by atoms with Crippen LogP contribution in [-0.4, -0.2) is 33.2 Å². The second-order valence-corrected chi connectivity index (χ2v) is 6.86. The van der Waals surface area contributed by atoms with Crippen molar-refractivity contribution in [2.75, 3.05) is 17.2 Å². The molecular formula is C20H18ClN5O3. The van der Waals surface area contributed by atoms with Gasteiger partial charge in [-0.15, -0.1) is 5.10 Å². The highest BCUT2D eigenvalue weighted by atomic mass is 35.5. The molecule has 1 aliphatic heterocycles. The van der Waals surface area contributed by atoms with E-state index in [9.17, 15) is 9.59 Å². The molecule has 2 amide bonds. The molecule has 0 aliphatic carbocycles. The van der Waals surface area contributed by atoms with E-state index in [4.69, 9.17) is 16.3 Å². The summed E-state index contributed by atoms with van der Waals surface area (Å²) >= 11 is 5.91. The Hall–Kier alpha value is -3.39. The third-order valence-corrected chi connectivity index (χ3v) is 4.65. The van der Waals surface area contributed by atoms with Crippen molar-refractivity contribution >= 4 is 35.1 Å². The normalized spacial score (nSPS) is 15.0. The van der Waals surface area contributed by atoms with E-state index in [1.54, 1.807) is 48.5 Å². The number of ether oxygens (including phenoxy) is 1. The van der Waals surface area contributed by atoms with Crippen molar-refractivity contribution in [2.45, 2.75) is 19.4 Å². The van der Waals surface area contributed by atoms with Gasteiger partial charge in [-0.05, 0) is 55.5 Å². The lowest BCUT2D eigenvalue weighted by Crippen LogP contribution is -2.23. The Kier molecular flexibility index (Phi) is 5.18. The number of hydrogen-bond donors (Lipinski definition) is 2. The topological polar surface area (TPSA) is 98.1 Å². The van der Waals surface area contributed by atoms with Crippen LogP contribution in [-0.2, 0) is 9.59 Å². The highest BCUT2D eigenvalue weighted by Gasteiger charge is 2.35. The third kappa shape index (κ3) is 4.07. The molecule has 29 heavy (non-hydrogen) atoms. The number of nitrogens with one attached hydrogen (secondary N) is 2. The van der Waals surface area contributed by atoms with Crippen LogP contribution in [0.25, 0.3) is 11.4 Å². The summed E-state index contributed by atoms with van der Waals surface area (Å²) in [6.45, 7) is 2.47. The lowest BCUT2D eigenvalue weighted by molar-refractivity contribution is -0.123. The van der Waals surface area contributed by atoms with E-state index in [1.165, 1.54) is 4.68 Å². The van der Waals surface area contributed by atoms with Gasteiger partial charge in [0, 0.05) is 16.3 Å². The maximum absolute atomic E-state index is 12.5. The molecule has 0 saturated carbocycles. The van der Waals surface area contributed by atoms with Gasteiger partial charge < -0.3 is 10.1 Å². The summed E-state index contributed by atoms with van der Waals surface area (Å²) < 4.78 is 6.83. The summed E-state index contributed by atoms with van der Waals surface area (Å²) in [6.07, 6.45) is -0.0601. The Morgan fingerprint density at radius 3 is 2.62 bits per heavy atom. The van der Waals surface area contributed by atoms with E-state index in [0.29, 0.717) is 29.1 Å². The van der Waals surface area contributed by atoms with Gasteiger partial charge in [0.05, 0.1) is 13.0 Å². The number of carbonyl (C=O) groups is 2. The fraction of sp³-hybridized carbons (Fsp3) is 0.200. The van der Waals surface area contributed by atoms with Crippen molar-refractivity contribution in [1.82, 2.24) is 14.8 Å². The van der Waals surface area contributed by atoms with Crippen LogP contribution in [0, 0.1) is 0 Å². The number of hydrogen-bond acceptors (Lipinski definition) is 5. The number of fused-ring (bicyclic) bond motifs is 1. The van der Waals surface area contributed by atoms with Crippen LogP contribution < -0.4 is 15.4 Å². The first-order chi connectivity index (χ1) is 14.0. The predicted molar refractivity (Wildman–Crippen MR) is 109 cm³/mol. The molecule has 3 aromatic rings. The summed E-state index contributed by atoms with van der Waals surface area (Å²) in [7, 11) is 0. The second-order valence-electron chi connectivity index (χ2n) is 6.43. The van der Waals surface area contributed by atoms with E-state index < -0.39 is 6.04 Å². The molecule has 2 aromatic carbocycles. The molecule has 9 heteroatoms. The largest absolute Gasteiger partial charge is 0.494 e. The van der Waals surface area contributed by atoms with Crippen LogP contribution in [0.5, 0.6) is 5.75 Å². The van der Waals surface area contributed by atoms with Gasteiger partial charge in [-0.2, -0.15) is 4.98 Å². The van der Waals surface area contributed by atoms with Gasteiger partial charge in [0.15, 0.2) is 5.82 Å². The lowest BCUT2D eigenvalue weighted by atomic mass is 10.2. The van der Waals surface area contributed by atoms with E-state index >= 15 is 0 Å². The molecule has 8 nitrogen and oxygen atoms in total. The molecule has 1 aliphatic rings. The zero-order valence-corrected chi connectivity index (χ0v) is 16.3. The molecular weight excluding hydrogens is 394 g/mol. The zero-order valence-electron chi connectivity index (χ0n) is 15.6. The summed E-state index contributed by atoms with van der Waals surface area (Å²) in [5.41, 5.74) is 1.39. The quantitative estimate of drug-likeness (QED) is 0.646. The number of carbonyl (C=O) groups excluding carboxylic acids is 2. The molecule has 148 valence electrons. The van der Waals surface area contributed by atoms with Crippen molar-refractivity contribution in [1.29, 1.82) is 0 Å². The second kappa shape index (κ2) is 7.92. The van der Waals surface area contributed by atoms with Gasteiger partial charge >= 0.3 is 0 Å². The number of anilines is 2. The maximum Gasteiger partial charge on any atom is 0.252 e. The molecule has 0 bridgehead atoms. The summed E-state index contributed by atoms with van der Waals surface area (Å²) in [6, 6.07) is 13.3. The molecule has 4 rings (SSSR count). The van der Waals surface area contributed by atoms with Crippen LogP contribution in [0.2, 0.25) is 5.02 Å². The first-order valence-corrected chi connectivity index (χ1v) is 9.47. The predicted octanol–water partition coefficient (Wildman–Crippen LogP) is 3.52. The Morgan fingerprint density at radius 2 is 1.93 bits per heavy atom. The highest BCUT2D eigenvalue weighted by molar-refractivity contribution is 6.30. The van der Waals surface area contributed by atoms with Crippen LogP contribution in [0.15, 0.2) is 48.5 Å². The summed E-state index contributed by atoms with van der Waals surface area (Å²) in [5, 5.41) is 10.5. The maximum atomic E-state index is 12.5. The van der Waals surface area contributed by atoms with Crippen molar-refractivity contribution in [3.8, 4) is 17.1 Å². The third-order valence-electron chi connectivity index (χ3n) is 4.39. The molecule has 0 radical (unpaired) electrons. The molecule has 2 heterocycles. The van der Waals surface area contributed by atoms with Gasteiger partial charge in [0.2, 0.25) is 11.9 Å². The van der Waals surface area contributed by atoms with E-state index in [-0.39, 0.29) is 18.2 Å². The molecule has 2 N–H and O–H groups in total. The van der Waals surface area contributed by atoms with Crippen molar-refractivity contribution < 1.29 is 14.3 Å². The molecule has 0 fully saturated rings. The minimum Gasteiger partial charge on any atom is -0.494 e. The Bertz CT molecular complexity index is 1050. The molecule has 0 spiro atoms. The number of amides is 2. The smallest absolute Gasteiger partial charge is 0.252 e. The molecule has 0 unspecified atom stereocenters. The molecule has 0 saturated heterocycles. The first kappa shape index (κ1) is 18.9. The minimum atomic E-state index is -0.763. The van der Waals surface area contributed by atoms with Crippen LogP contribution in [0.4, 0.5) is 11.6 Å². The summed E-state index contributed by atoms with van der Waals surface area (Å²) in [4.78, 5) is 29.1. The van der Waals surface area contributed by atoms with Crippen molar-refractivity contribution in [3.05, 3.63) is 53.6 Å². The Balaban J connectivity index is 1.46. The summed E-state index contributed by atoms with van der Waals surface area (Å²) in [5.74, 6) is 0.880. The van der Waals surface area contributed by atoms with Gasteiger partial charge in [-0.1, -0.05) is 11.6 Å². The average Bonchev–Trinajstić information content (AvgIpc) is 3.23. The van der Waals surface area contributed by atoms with E-state index in [0.717, 1.165) is 11.3 Å². The number of nitrogens with zero attached hydrogens (tertiary/aromatic N) is 3. The highest BCUT2D eigenvalue weighted by Crippen LogP contribution is 2.29. The lowest BCUT2D eigenvalue weighted by Gasteiger charge is -2.10. The van der Waals surface area contributed by atoms with Gasteiger partial charge in [0.25, 0.3) is 5.91 Å². The number of halogens is 1. The minimum absolute atomic E-state index is 0.0601. The van der Waals surface area contributed by atoms with Crippen LogP contribution in [0.3, 0.4) is 0 Å². The SMILES string of the molecule is CCOc1ccc(NC(=O)C[C@@H]2C(=O)Nc3nc(-c4ccc(Cl)cc4)nn32)cc1. The van der Waals surface area contributed by atoms with E-state index in [2.05, 4.69) is 20.7 Å². The van der Waals surface area contributed by atoms with Gasteiger partial charge in [-0.3, -0.25) is 14.9 Å². The fourth-order valence-electron chi connectivity index (χ4n) is 3.02. The first-order valence-electron chi connectivity index (χ1n) is 9.09. The Labute approximate surface area is 171 Å². The number of benzene rings is 2. The molecule has 1 aromatic heterocycles. The number of aromatic nitrogens is 3. The van der Waals surface area contributed by atoms with Crippen LogP contribution in [0.1, 0.15) is 19.4 Å². The van der Waals surface area contributed by atoms with Crippen molar-refractivity contribution in [2.24, 2.45) is 0 Å². The van der Waals surface area contributed by atoms with E-state index in [1.807, 2.05) is 6.92 Å². The average molecular weight is 412 g/mol. The van der Waals surface area contributed by atoms with Gasteiger partial charge in [-0.25, -0.2) is 4.68 Å². The monoisotopic (exact) mass is 411 g/mol.